The monoisotopic (exact) mass is 657 g/mol. The van der Waals surface area contributed by atoms with E-state index in [0.717, 1.165) is 9.21 Å². The van der Waals surface area contributed by atoms with Gasteiger partial charge in [0.05, 0.1) is 35.4 Å². The Morgan fingerprint density at radius 2 is 1.32 bits per heavy atom. The average Bonchev–Trinajstić information content (AvgIpc) is 3.02. The highest BCUT2D eigenvalue weighted by Crippen LogP contribution is 2.36. The minimum absolute atomic E-state index is 0.00629. The lowest BCUT2D eigenvalue weighted by atomic mass is 10.1. The quantitative estimate of drug-likeness (QED) is 0.200. The second-order valence-corrected chi connectivity index (χ2v) is 13.4. The number of amides is 2. The first-order valence-electron chi connectivity index (χ1n) is 13.3. The van der Waals surface area contributed by atoms with Crippen LogP contribution in [0.25, 0.3) is 10.8 Å². The number of hydrogen-bond donors (Lipinski definition) is 2. The third kappa shape index (κ3) is 6.93. The van der Waals surface area contributed by atoms with Crippen LogP contribution in [0.4, 0.5) is 16.2 Å². The van der Waals surface area contributed by atoms with Crippen LogP contribution in [0.3, 0.4) is 0 Å². The maximum Gasteiger partial charge on any atom is 0.285 e. The van der Waals surface area contributed by atoms with Gasteiger partial charge in [0.25, 0.3) is 31.2 Å². The Morgan fingerprint density at radius 3 is 1.84 bits per heavy atom. The Morgan fingerprint density at radius 1 is 0.773 bits per heavy atom. The van der Waals surface area contributed by atoms with Crippen LogP contribution in [0, 0.1) is 0 Å². The van der Waals surface area contributed by atoms with Crippen LogP contribution >= 0.6 is 12.6 Å². The molecule has 0 fully saturated rings. The van der Waals surface area contributed by atoms with Gasteiger partial charge < -0.3 is 9.47 Å². The highest BCUT2D eigenvalue weighted by Gasteiger charge is 2.32. The molecule has 0 saturated heterocycles. The summed E-state index contributed by atoms with van der Waals surface area (Å²) in [5.41, 5.74) is 0.284. The highest BCUT2D eigenvalue weighted by molar-refractivity contribution is 7.96. The Hall–Kier alpha value is -4.27. The SMILES string of the molecule is CCCN(C(=O)S)C(=O)CN(c1ccc(NS(=O)(=O)c2ccc(OC)cc2)c2ccccc12)S(=O)(=O)c1ccc(OC)cc1. The molecule has 0 heterocycles. The van der Waals surface area contributed by atoms with Crippen molar-refractivity contribution in [3.63, 3.8) is 0 Å². The molecule has 0 aliphatic heterocycles. The molecule has 0 radical (unpaired) electrons. The molecule has 0 atom stereocenters. The summed E-state index contributed by atoms with van der Waals surface area (Å²) in [5, 5.41) is -0.0986. The minimum atomic E-state index is -4.39. The van der Waals surface area contributed by atoms with E-state index < -0.39 is 37.7 Å². The van der Waals surface area contributed by atoms with Gasteiger partial charge in [-0.15, -0.1) is 0 Å². The van der Waals surface area contributed by atoms with Crippen molar-refractivity contribution in [2.24, 2.45) is 0 Å². The number of nitrogens with zero attached hydrogens (tertiary/aromatic N) is 2. The topological polar surface area (TPSA) is 139 Å². The number of nitrogens with one attached hydrogen (secondary N) is 1. The zero-order chi connectivity index (χ0) is 32.1. The number of carbonyl (C=O) groups is 2. The predicted octanol–water partition coefficient (Wildman–Crippen LogP) is 5.14. The molecular weight excluding hydrogens is 627 g/mol. The van der Waals surface area contributed by atoms with E-state index in [1.165, 1.54) is 74.9 Å². The number of fused-ring (bicyclic) bond motifs is 1. The lowest BCUT2D eigenvalue weighted by molar-refractivity contribution is -0.126. The number of hydrogen-bond acceptors (Lipinski definition) is 8. The normalized spacial score (nSPS) is 11.5. The first-order chi connectivity index (χ1) is 20.9. The second-order valence-electron chi connectivity index (χ2n) is 9.47. The maximum absolute atomic E-state index is 14.1. The Balaban J connectivity index is 1.84. The van der Waals surface area contributed by atoms with Crippen molar-refractivity contribution in [2.75, 3.05) is 36.3 Å². The fourth-order valence-electron chi connectivity index (χ4n) is 4.48. The van der Waals surface area contributed by atoms with Gasteiger partial charge in [-0.05, 0) is 67.1 Å². The summed E-state index contributed by atoms with van der Waals surface area (Å²) < 4.78 is 68.4. The van der Waals surface area contributed by atoms with Crippen molar-refractivity contribution >= 4 is 66.0 Å². The zero-order valence-corrected chi connectivity index (χ0v) is 26.7. The summed E-state index contributed by atoms with van der Waals surface area (Å²) in [6.07, 6.45) is 0.440. The molecule has 0 aliphatic carbocycles. The van der Waals surface area contributed by atoms with Crippen LogP contribution in [0.5, 0.6) is 11.5 Å². The van der Waals surface area contributed by atoms with E-state index >= 15 is 0 Å². The van der Waals surface area contributed by atoms with Gasteiger partial charge in [-0.2, -0.15) is 0 Å². The first-order valence-corrected chi connectivity index (χ1v) is 16.7. The number of benzene rings is 4. The predicted molar refractivity (Wildman–Crippen MR) is 172 cm³/mol. The van der Waals surface area contributed by atoms with E-state index in [0.29, 0.717) is 28.7 Å². The Kier molecular flexibility index (Phi) is 10.1. The van der Waals surface area contributed by atoms with Crippen LogP contribution in [-0.4, -0.2) is 60.2 Å². The van der Waals surface area contributed by atoms with Gasteiger partial charge in [0, 0.05) is 17.3 Å². The molecule has 14 heteroatoms. The number of anilines is 2. The molecule has 4 rings (SSSR count). The molecule has 4 aromatic rings. The molecule has 0 bridgehead atoms. The van der Waals surface area contributed by atoms with Crippen molar-refractivity contribution in [3.05, 3.63) is 84.9 Å². The number of rotatable bonds is 12. The van der Waals surface area contributed by atoms with Gasteiger partial charge in [0.2, 0.25) is 0 Å². The number of sulfonamides is 2. The number of ether oxygens (including phenoxy) is 2. The lowest BCUT2D eigenvalue weighted by Gasteiger charge is -2.28. The van der Waals surface area contributed by atoms with Crippen molar-refractivity contribution < 1.29 is 35.9 Å². The third-order valence-electron chi connectivity index (χ3n) is 6.69. The molecule has 0 unspecified atom stereocenters. The van der Waals surface area contributed by atoms with Gasteiger partial charge in [0.1, 0.15) is 18.0 Å². The number of methoxy groups -OCH3 is 2. The molecule has 1 N–H and O–H groups in total. The molecule has 4 aromatic carbocycles. The summed E-state index contributed by atoms with van der Waals surface area (Å²) >= 11 is 3.81. The van der Waals surface area contributed by atoms with Gasteiger partial charge in [0.15, 0.2) is 0 Å². The standard InChI is InChI=1S/C30H31N3O8S3/c1-4-19-32(30(35)42)29(34)20-33(44(38,39)24-15-11-22(41-3)12-16-24)28-18-17-27(25-7-5-6-8-26(25)28)31-43(36,37)23-13-9-21(40-2)10-14-23/h5-18,31H,4,19-20H2,1-3H3,(H,35,42). The van der Waals surface area contributed by atoms with Crippen LogP contribution in [0.15, 0.2) is 94.7 Å². The summed E-state index contributed by atoms with van der Waals surface area (Å²) in [4.78, 5) is 26.2. The Labute approximate surface area is 261 Å². The van der Waals surface area contributed by atoms with E-state index in [1.54, 1.807) is 31.2 Å². The van der Waals surface area contributed by atoms with Crippen molar-refractivity contribution in [1.29, 1.82) is 0 Å². The molecule has 0 spiro atoms. The molecule has 0 aromatic heterocycles. The molecule has 232 valence electrons. The van der Waals surface area contributed by atoms with E-state index in [-0.39, 0.29) is 27.7 Å². The van der Waals surface area contributed by atoms with E-state index in [2.05, 4.69) is 17.4 Å². The molecule has 0 saturated carbocycles. The van der Waals surface area contributed by atoms with Crippen molar-refractivity contribution in [1.82, 2.24) is 4.90 Å². The summed E-state index contributed by atoms with van der Waals surface area (Å²) in [5.74, 6) is 0.140. The summed E-state index contributed by atoms with van der Waals surface area (Å²) in [6, 6.07) is 20.9. The zero-order valence-electron chi connectivity index (χ0n) is 24.1. The largest absolute Gasteiger partial charge is 0.497 e. The van der Waals surface area contributed by atoms with Crippen molar-refractivity contribution in [2.45, 2.75) is 23.1 Å². The number of carbonyl (C=O) groups excluding carboxylic acids is 2. The average molecular weight is 658 g/mol. The van der Waals surface area contributed by atoms with E-state index in [4.69, 9.17) is 9.47 Å². The molecule has 44 heavy (non-hydrogen) atoms. The third-order valence-corrected chi connectivity index (χ3v) is 10.1. The van der Waals surface area contributed by atoms with Gasteiger partial charge in [-0.1, -0.05) is 43.8 Å². The van der Waals surface area contributed by atoms with Crippen LogP contribution in [0.1, 0.15) is 13.3 Å². The fraction of sp³-hybridized carbons (Fsp3) is 0.200. The van der Waals surface area contributed by atoms with Gasteiger partial charge >= 0.3 is 0 Å². The first kappa shape index (κ1) is 32.6. The highest BCUT2D eigenvalue weighted by atomic mass is 32.2. The van der Waals surface area contributed by atoms with Crippen LogP contribution in [-0.2, 0) is 24.8 Å². The maximum atomic E-state index is 14.1. The molecular formula is C30H31N3O8S3. The smallest absolute Gasteiger partial charge is 0.285 e. The van der Waals surface area contributed by atoms with Gasteiger partial charge in [-0.3, -0.25) is 23.5 Å². The van der Waals surface area contributed by atoms with E-state index in [9.17, 15) is 26.4 Å². The number of thiol groups is 1. The minimum Gasteiger partial charge on any atom is -0.497 e. The number of imide groups is 1. The van der Waals surface area contributed by atoms with Crippen LogP contribution < -0.4 is 18.5 Å². The van der Waals surface area contributed by atoms with Crippen LogP contribution in [0.2, 0.25) is 0 Å². The second kappa shape index (κ2) is 13.6. The lowest BCUT2D eigenvalue weighted by Crippen LogP contribution is -2.44. The molecule has 2 amide bonds. The summed E-state index contributed by atoms with van der Waals surface area (Å²) in [7, 11) is -5.52. The summed E-state index contributed by atoms with van der Waals surface area (Å²) in [6.45, 7) is 1.09. The van der Waals surface area contributed by atoms with Crippen molar-refractivity contribution in [3.8, 4) is 11.5 Å². The van der Waals surface area contributed by atoms with E-state index in [1.807, 2.05) is 0 Å². The molecule has 11 nitrogen and oxygen atoms in total. The van der Waals surface area contributed by atoms with Gasteiger partial charge in [-0.25, -0.2) is 16.8 Å². The fourth-order valence-corrected chi connectivity index (χ4v) is 7.21. The Bertz CT molecular complexity index is 1880. The molecule has 0 aliphatic rings.